The van der Waals surface area contributed by atoms with Crippen molar-refractivity contribution in [3.63, 3.8) is 0 Å². The number of aromatic amines is 1. The zero-order valence-corrected chi connectivity index (χ0v) is 43.9. The van der Waals surface area contributed by atoms with Crippen LogP contribution in [0.3, 0.4) is 0 Å². The summed E-state index contributed by atoms with van der Waals surface area (Å²) in [5, 5.41) is 26.3. The van der Waals surface area contributed by atoms with Crippen molar-refractivity contribution in [1.82, 2.24) is 24.3 Å². The first-order valence-electron chi connectivity index (χ1n) is 25.0. The van der Waals surface area contributed by atoms with Gasteiger partial charge >= 0.3 is 21.3 Å². The predicted molar refractivity (Wildman–Crippen MR) is 270 cm³/mol. The number of rotatable bonds is 17. The van der Waals surface area contributed by atoms with Crippen LogP contribution >= 0.6 is 23.5 Å². The molecule has 1 aromatic heterocycles. The van der Waals surface area contributed by atoms with E-state index in [1.807, 2.05) is 29.2 Å². The molecule has 76 heavy (non-hydrogen) atoms. The Morgan fingerprint density at radius 2 is 1.66 bits per heavy atom. The second-order valence-electron chi connectivity index (χ2n) is 19.6. The number of phosphoric acid groups is 3. The molecule has 3 aromatic carbocycles. The number of ether oxygens (including phenoxy) is 2. The van der Waals surface area contributed by atoms with Gasteiger partial charge in [-0.15, -0.1) is 0 Å². The van der Waals surface area contributed by atoms with Gasteiger partial charge in [-0.1, -0.05) is 30.4 Å². The number of benzene rings is 3. The van der Waals surface area contributed by atoms with Gasteiger partial charge in [0, 0.05) is 97.4 Å². The van der Waals surface area contributed by atoms with Crippen LogP contribution in [0, 0.1) is 0 Å². The highest BCUT2D eigenvalue weighted by Crippen LogP contribution is 2.64. The van der Waals surface area contributed by atoms with Gasteiger partial charge in [-0.2, -0.15) is 0 Å². The maximum Gasteiger partial charge on any atom is 0.478 e. The standard InChI is InChI=1S/C49H57N6O18P3/c1-52(19-9-17-38(56)50-18-4-10-30-26-55(49(61)51-46(30)59)48-43(58)42(57)37(70-48)27-69-75(65,66)73-76(67,68)72-74(62,63)64)47(60)32-14-3-2-13-31(32)39-35-24-28-11-5-20-53-22-7-15-33(40(28)53)44(35)71-45-34-16-8-23-54-21-6-12-29(41(34)54)25-36(39)45/h2-4,10,13-14,24-26,37,42-43,48,57-58H,5-9,11-12,15-23,27H2,1H3,(H5-,50,51,56,59,61,62,63,64,65,66,67,68)/b10-4+/t37-,42-,43-,48-/m1/s1. The van der Waals surface area contributed by atoms with E-state index >= 15 is 0 Å². The van der Waals surface area contributed by atoms with E-state index in [0.717, 1.165) is 117 Å². The van der Waals surface area contributed by atoms with Crippen molar-refractivity contribution in [3.05, 3.63) is 125 Å². The first-order chi connectivity index (χ1) is 36.2. The fourth-order valence-corrected chi connectivity index (χ4v) is 14.3. The number of aromatic nitrogens is 2. The van der Waals surface area contributed by atoms with Gasteiger partial charge in [-0.3, -0.25) is 33.0 Å². The lowest BCUT2D eigenvalue weighted by Gasteiger charge is -2.39. The fraction of sp³-hybridized carbons (Fsp3) is 0.449. The number of H-pyrrole nitrogens is 1. The van der Waals surface area contributed by atoms with Crippen LogP contribution in [0.5, 0.6) is 11.5 Å². The minimum Gasteiger partial charge on any atom is -0.756 e. The van der Waals surface area contributed by atoms with Gasteiger partial charge in [0.2, 0.25) is 11.3 Å². The number of amides is 2. The Bertz CT molecular complexity index is 3460. The zero-order chi connectivity index (χ0) is 53.8. The van der Waals surface area contributed by atoms with E-state index in [2.05, 4.69) is 40.1 Å². The molecule has 2 unspecified atom stereocenters. The van der Waals surface area contributed by atoms with E-state index < -0.39 is 65.9 Å². The Labute approximate surface area is 433 Å². The van der Waals surface area contributed by atoms with Crippen molar-refractivity contribution in [2.75, 3.05) is 57.8 Å². The summed E-state index contributed by atoms with van der Waals surface area (Å²) in [4.78, 5) is 98.0. The molecule has 0 bridgehead atoms. The van der Waals surface area contributed by atoms with Crippen LogP contribution in [-0.2, 0) is 62.1 Å². The van der Waals surface area contributed by atoms with Crippen LogP contribution in [0.2, 0.25) is 0 Å². The van der Waals surface area contributed by atoms with Crippen LogP contribution in [0.15, 0.2) is 58.3 Å². The number of carbonyl (C=O) groups excluding carboxylic acids is 2. The quantitative estimate of drug-likeness (QED) is 0.0504. The second kappa shape index (κ2) is 21.4. The van der Waals surface area contributed by atoms with Gasteiger partial charge in [0.15, 0.2) is 6.23 Å². The zero-order valence-electron chi connectivity index (χ0n) is 41.2. The SMILES string of the molecule is CN(CCCC(=O)NC/C=C/c1cn([C@@H]2O[C@H](COP(=O)(O)OP(=O)([O-])OP(=O)(O)O)[C@@H](O)[C@H]2O)c(=O)[nH]c1=O)C(=O)c1ccccc1C1=c2cc3c4c(c2Oc2c1cc1c5c2CCCN5CCC1)CCC[N+]=4CCC3. The van der Waals surface area contributed by atoms with E-state index in [9.17, 15) is 52.9 Å². The van der Waals surface area contributed by atoms with Crippen molar-refractivity contribution in [2.24, 2.45) is 0 Å². The summed E-state index contributed by atoms with van der Waals surface area (Å²) < 4.78 is 61.9. The summed E-state index contributed by atoms with van der Waals surface area (Å²) in [5.74, 6) is 1.27. The molecular formula is C49H57N6O18P3. The van der Waals surface area contributed by atoms with E-state index in [1.165, 1.54) is 45.5 Å². The fourth-order valence-electron chi connectivity index (χ4n) is 11.3. The van der Waals surface area contributed by atoms with Crippen LogP contribution in [0.25, 0.3) is 11.6 Å². The number of hydrogen-bond acceptors (Lipinski definition) is 16. The Balaban J connectivity index is 0.798. The Hall–Kier alpha value is -5.42. The van der Waals surface area contributed by atoms with Crippen molar-refractivity contribution < 1.29 is 75.7 Å². The molecule has 2 amide bonds. The van der Waals surface area contributed by atoms with Gasteiger partial charge in [0.05, 0.1) is 17.7 Å². The number of anilines is 1. The lowest BCUT2D eigenvalue weighted by atomic mass is 9.81. The van der Waals surface area contributed by atoms with E-state index in [1.54, 1.807) is 11.9 Å². The average molecular weight is 1110 g/mol. The molecule has 27 heteroatoms. The molecule has 406 valence electrons. The summed E-state index contributed by atoms with van der Waals surface area (Å²) in [6.45, 7) is 3.16. The minimum absolute atomic E-state index is 0.0587. The Kier molecular flexibility index (Phi) is 15.2. The maximum atomic E-state index is 14.6. The van der Waals surface area contributed by atoms with Crippen molar-refractivity contribution in [3.8, 4) is 11.5 Å². The number of hydrogen-bond donors (Lipinski definition) is 7. The highest BCUT2D eigenvalue weighted by Gasteiger charge is 2.46. The third-order valence-corrected chi connectivity index (χ3v) is 18.2. The summed E-state index contributed by atoms with van der Waals surface area (Å²) in [6.07, 6.45) is 4.76. The highest BCUT2D eigenvalue weighted by molar-refractivity contribution is 7.65. The van der Waals surface area contributed by atoms with Gasteiger partial charge in [-0.25, -0.2) is 27.1 Å². The van der Waals surface area contributed by atoms with Crippen LogP contribution in [-0.4, -0.2) is 122 Å². The molecule has 24 nitrogen and oxygen atoms in total. The maximum absolute atomic E-state index is 14.6. The second-order valence-corrected chi connectivity index (χ2v) is 24.0. The molecule has 0 saturated carbocycles. The molecule has 6 aliphatic heterocycles. The largest absolute Gasteiger partial charge is 0.756 e. The number of phosphoric ester groups is 1. The van der Waals surface area contributed by atoms with E-state index in [-0.39, 0.29) is 36.9 Å². The summed E-state index contributed by atoms with van der Waals surface area (Å²) in [5.41, 5.74) is 7.74. The molecule has 0 spiro atoms. The number of aliphatic hydroxyl groups is 2. The normalized spacial score (nSPS) is 22.2. The van der Waals surface area contributed by atoms with Crippen LogP contribution in [0.1, 0.15) is 94.1 Å². The van der Waals surface area contributed by atoms with E-state index in [4.69, 9.17) is 19.3 Å². The van der Waals surface area contributed by atoms with Gasteiger partial charge in [0.1, 0.15) is 42.9 Å². The van der Waals surface area contributed by atoms with Crippen molar-refractivity contribution in [2.45, 2.75) is 88.7 Å². The number of fused-ring (bicyclic) bond motifs is 4. The minimum atomic E-state index is -6.10. The van der Waals surface area contributed by atoms with Gasteiger partial charge < -0.3 is 54.4 Å². The number of aryl methyl sites for hydroxylation is 2. The summed E-state index contributed by atoms with van der Waals surface area (Å²) >= 11 is 0. The lowest BCUT2D eigenvalue weighted by Crippen LogP contribution is -2.45. The Morgan fingerprint density at radius 3 is 2.43 bits per heavy atom. The molecule has 1 fully saturated rings. The molecule has 6 aliphatic rings. The monoisotopic (exact) mass is 1110 g/mol. The third kappa shape index (κ3) is 11.0. The molecule has 0 aliphatic carbocycles. The average Bonchev–Trinajstić information content (AvgIpc) is 3.73. The molecule has 7 heterocycles. The predicted octanol–water partition coefficient (Wildman–Crippen LogP) is 0.984. The molecule has 4 aromatic rings. The molecule has 7 N–H and O–H groups in total. The van der Waals surface area contributed by atoms with Crippen molar-refractivity contribution >= 4 is 52.6 Å². The lowest BCUT2D eigenvalue weighted by molar-refractivity contribution is -0.211. The number of nitrogens with zero attached hydrogens (tertiary/aromatic N) is 4. The Morgan fingerprint density at radius 1 is 0.934 bits per heavy atom. The van der Waals surface area contributed by atoms with E-state index in [0.29, 0.717) is 16.6 Å². The number of nitrogens with one attached hydrogen (secondary N) is 2. The van der Waals surface area contributed by atoms with Crippen LogP contribution < -0.4 is 46.2 Å². The van der Waals surface area contributed by atoms with Crippen LogP contribution in [0.4, 0.5) is 5.69 Å². The number of carbonyl (C=O) groups is 2. The van der Waals surface area contributed by atoms with Gasteiger partial charge in [0.25, 0.3) is 19.3 Å². The third-order valence-electron chi connectivity index (χ3n) is 14.5. The summed E-state index contributed by atoms with van der Waals surface area (Å²) in [6, 6.07) is 12.4. The summed E-state index contributed by atoms with van der Waals surface area (Å²) in [7, 11) is -15.8. The first-order valence-corrected chi connectivity index (χ1v) is 29.5. The number of aliphatic hydroxyl groups excluding tert-OH is 2. The molecule has 0 radical (unpaired) electrons. The smallest absolute Gasteiger partial charge is 0.478 e. The molecule has 1 saturated heterocycles. The van der Waals surface area contributed by atoms with Crippen molar-refractivity contribution in [1.29, 1.82) is 0 Å². The topological polar surface area (TPSA) is 332 Å². The molecule has 10 rings (SSSR count). The highest BCUT2D eigenvalue weighted by atomic mass is 31.3. The molecule has 6 atom stereocenters. The van der Waals surface area contributed by atoms with Gasteiger partial charge in [-0.05, 0) is 74.3 Å². The first kappa shape index (κ1) is 54.0. The molecular weight excluding hydrogens is 1050 g/mol.